The number of ether oxygens (including phenoxy) is 1. The van der Waals surface area contributed by atoms with Gasteiger partial charge in [0.15, 0.2) is 0 Å². The number of aliphatic hydroxyl groups excluding tert-OH is 1. The molecule has 1 N–H and O–H groups in total. The lowest BCUT2D eigenvalue weighted by Gasteiger charge is -2.07. The molecule has 0 aliphatic carbocycles. The molecule has 0 heterocycles. The van der Waals surface area contributed by atoms with Crippen molar-refractivity contribution < 1.29 is 9.84 Å². The molecule has 0 aromatic rings. The first-order valence-electron chi connectivity index (χ1n) is 4.46. The van der Waals surface area contributed by atoms with Gasteiger partial charge in [0.1, 0.15) is 0 Å². The van der Waals surface area contributed by atoms with Crippen LogP contribution in [0.1, 0.15) is 33.1 Å². The predicted molar refractivity (Wildman–Crippen MR) is 49.8 cm³/mol. The number of hydrogen-bond acceptors (Lipinski definition) is 2. The monoisotopic (exact) mass is 170 g/mol. The zero-order valence-electron chi connectivity index (χ0n) is 7.97. The molecule has 0 amide bonds. The van der Waals surface area contributed by atoms with E-state index in [1.807, 2.05) is 13.8 Å². The van der Waals surface area contributed by atoms with Crippen molar-refractivity contribution in [2.75, 3.05) is 13.2 Å². The molecule has 0 radical (unpaired) electrons. The van der Waals surface area contributed by atoms with E-state index in [0.717, 1.165) is 25.9 Å². The second-order valence-electron chi connectivity index (χ2n) is 2.60. The molecule has 0 aromatic carbocycles. The topological polar surface area (TPSA) is 29.5 Å². The molecule has 0 saturated carbocycles. The van der Waals surface area contributed by atoms with Crippen molar-refractivity contribution in [2.45, 2.75) is 39.2 Å². The standard InChI is InChI=1S/C10H18O2/c1-3-5-6-7-10(11)8-9-12-4-2/h10-11H,4,6-9H2,1-2H3. The fourth-order valence-electron chi connectivity index (χ4n) is 0.872. The Bertz CT molecular complexity index is 144. The Hall–Kier alpha value is -0.520. The SMILES string of the molecule is CC#CCCC(O)CCOCC. The summed E-state index contributed by atoms with van der Waals surface area (Å²) in [6.07, 6.45) is 2.01. The first kappa shape index (κ1) is 11.5. The molecular formula is C10H18O2. The van der Waals surface area contributed by atoms with Crippen LogP contribution in [0.5, 0.6) is 0 Å². The minimum atomic E-state index is -0.252. The molecule has 2 nitrogen and oxygen atoms in total. The van der Waals surface area contributed by atoms with Crippen LogP contribution in [0.2, 0.25) is 0 Å². The van der Waals surface area contributed by atoms with Crippen molar-refractivity contribution in [3.63, 3.8) is 0 Å². The van der Waals surface area contributed by atoms with Crippen LogP contribution in [0.15, 0.2) is 0 Å². The van der Waals surface area contributed by atoms with Gasteiger partial charge in [-0.15, -0.1) is 11.8 Å². The molecule has 70 valence electrons. The number of hydrogen-bond donors (Lipinski definition) is 1. The van der Waals surface area contributed by atoms with E-state index in [9.17, 15) is 5.11 Å². The maximum atomic E-state index is 9.35. The summed E-state index contributed by atoms with van der Waals surface area (Å²) in [6.45, 7) is 5.14. The first-order valence-corrected chi connectivity index (χ1v) is 4.46. The molecule has 0 aromatic heterocycles. The van der Waals surface area contributed by atoms with Crippen molar-refractivity contribution in [2.24, 2.45) is 0 Å². The molecule has 2 heteroatoms. The van der Waals surface area contributed by atoms with E-state index < -0.39 is 0 Å². The minimum Gasteiger partial charge on any atom is -0.393 e. The molecule has 0 rings (SSSR count). The second-order valence-corrected chi connectivity index (χ2v) is 2.60. The average molecular weight is 170 g/mol. The Morgan fingerprint density at radius 3 is 2.75 bits per heavy atom. The Labute approximate surface area is 74.9 Å². The molecule has 12 heavy (non-hydrogen) atoms. The van der Waals surface area contributed by atoms with Crippen LogP contribution in [-0.2, 0) is 4.74 Å². The van der Waals surface area contributed by atoms with Gasteiger partial charge in [0.25, 0.3) is 0 Å². The molecule has 1 atom stereocenters. The van der Waals surface area contributed by atoms with Gasteiger partial charge in [0.05, 0.1) is 6.10 Å². The Kier molecular flexibility index (Phi) is 8.20. The summed E-state index contributed by atoms with van der Waals surface area (Å²) < 4.78 is 5.11. The molecule has 1 unspecified atom stereocenters. The lowest BCUT2D eigenvalue weighted by Crippen LogP contribution is -2.09. The highest BCUT2D eigenvalue weighted by atomic mass is 16.5. The third kappa shape index (κ3) is 7.59. The minimum absolute atomic E-state index is 0.252. The maximum absolute atomic E-state index is 9.35. The van der Waals surface area contributed by atoms with E-state index in [1.54, 1.807) is 0 Å². The quantitative estimate of drug-likeness (QED) is 0.484. The normalized spacial score (nSPS) is 11.9. The molecule has 0 spiro atoms. The van der Waals surface area contributed by atoms with Crippen molar-refractivity contribution in [3.8, 4) is 11.8 Å². The van der Waals surface area contributed by atoms with Crippen LogP contribution < -0.4 is 0 Å². The average Bonchev–Trinajstić information content (AvgIpc) is 2.06. The van der Waals surface area contributed by atoms with Crippen LogP contribution in [0, 0.1) is 11.8 Å². The van der Waals surface area contributed by atoms with Crippen LogP contribution >= 0.6 is 0 Å². The van der Waals surface area contributed by atoms with E-state index in [-0.39, 0.29) is 6.10 Å². The number of aliphatic hydroxyl groups is 1. The molecule has 0 bridgehead atoms. The van der Waals surface area contributed by atoms with Gasteiger partial charge in [-0.05, 0) is 26.7 Å². The smallest absolute Gasteiger partial charge is 0.0571 e. The largest absolute Gasteiger partial charge is 0.393 e. The summed E-state index contributed by atoms with van der Waals surface area (Å²) in [7, 11) is 0. The summed E-state index contributed by atoms with van der Waals surface area (Å²) in [5.41, 5.74) is 0. The summed E-state index contributed by atoms with van der Waals surface area (Å²) in [5, 5.41) is 9.35. The summed E-state index contributed by atoms with van der Waals surface area (Å²) in [5.74, 6) is 5.72. The molecule has 0 aliphatic rings. The molecule has 0 saturated heterocycles. The third-order valence-electron chi connectivity index (χ3n) is 1.58. The Balaban J connectivity index is 3.19. The lowest BCUT2D eigenvalue weighted by atomic mass is 10.1. The second kappa shape index (κ2) is 8.58. The van der Waals surface area contributed by atoms with Crippen LogP contribution in [0.3, 0.4) is 0 Å². The van der Waals surface area contributed by atoms with Gasteiger partial charge in [-0.2, -0.15) is 0 Å². The van der Waals surface area contributed by atoms with Gasteiger partial charge in [0.2, 0.25) is 0 Å². The predicted octanol–water partition coefficient (Wildman–Crippen LogP) is 1.58. The zero-order valence-corrected chi connectivity index (χ0v) is 7.97. The first-order chi connectivity index (χ1) is 5.81. The van der Waals surface area contributed by atoms with E-state index in [0.29, 0.717) is 6.61 Å². The van der Waals surface area contributed by atoms with E-state index >= 15 is 0 Å². The maximum Gasteiger partial charge on any atom is 0.0571 e. The summed E-state index contributed by atoms with van der Waals surface area (Å²) in [6, 6.07) is 0. The van der Waals surface area contributed by atoms with E-state index in [4.69, 9.17) is 4.74 Å². The van der Waals surface area contributed by atoms with Gasteiger partial charge in [-0.1, -0.05) is 0 Å². The van der Waals surface area contributed by atoms with Gasteiger partial charge in [-0.25, -0.2) is 0 Å². The summed E-state index contributed by atoms with van der Waals surface area (Å²) >= 11 is 0. The van der Waals surface area contributed by atoms with E-state index in [1.165, 1.54) is 0 Å². The van der Waals surface area contributed by atoms with E-state index in [2.05, 4.69) is 11.8 Å². The highest BCUT2D eigenvalue weighted by molar-refractivity contribution is 4.94. The zero-order chi connectivity index (χ0) is 9.23. The van der Waals surface area contributed by atoms with Crippen LogP contribution in [0.4, 0.5) is 0 Å². The van der Waals surface area contributed by atoms with Gasteiger partial charge >= 0.3 is 0 Å². The van der Waals surface area contributed by atoms with Gasteiger partial charge in [-0.3, -0.25) is 0 Å². The van der Waals surface area contributed by atoms with Crippen LogP contribution in [0.25, 0.3) is 0 Å². The summed E-state index contributed by atoms with van der Waals surface area (Å²) in [4.78, 5) is 0. The Morgan fingerprint density at radius 1 is 1.42 bits per heavy atom. The van der Waals surface area contributed by atoms with Crippen molar-refractivity contribution in [1.82, 2.24) is 0 Å². The van der Waals surface area contributed by atoms with Crippen molar-refractivity contribution >= 4 is 0 Å². The number of rotatable bonds is 6. The van der Waals surface area contributed by atoms with Crippen LogP contribution in [-0.4, -0.2) is 24.4 Å². The highest BCUT2D eigenvalue weighted by Crippen LogP contribution is 2.00. The van der Waals surface area contributed by atoms with Gasteiger partial charge in [0, 0.05) is 19.6 Å². The fourth-order valence-corrected chi connectivity index (χ4v) is 0.872. The third-order valence-corrected chi connectivity index (χ3v) is 1.58. The molecule has 0 fully saturated rings. The van der Waals surface area contributed by atoms with Gasteiger partial charge < -0.3 is 9.84 Å². The Morgan fingerprint density at radius 2 is 2.17 bits per heavy atom. The molecular weight excluding hydrogens is 152 g/mol. The molecule has 0 aliphatic heterocycles. The van der Waals surface area contributed by atoms with Crippen molar-refractivity contribution in [3.05, 3.63) is 0 Å². The van der Waals surface area contributed by atoms with Crippen molar-refractivity contribution in [1.29, 1.82) is 0 Å². The lowest BCUT2D eigenvalue weighted by molar-refractivity contribution is 0.0851. The highest BCUT2D eigenvalue weighted by Gasteiger charge is 2.01. The fraction of sp³-hybridized carbons (Fsp3) is 0.800.